The van der Waals surface area contributed by atoms with Gasteiger partial charge in [0.05, 0.1) is 106 Å². The Morgan fingerprint density at radius 1 is 0.521 bits per heavy atom. The van der Waals surface area contributed by atoms with Crippen molar-refractivity contribution in [3.63, 3.8) is 0 Å². The first-order valence-electron chi connectivity index (χ1n) is 40.1. The van der Waals surface area contributed by atoms with E-state index in [1.54, 1.807) is 0 Å². The molecule has 5 aliphatic rings. The maximum atomic E-state index is 14.0. The summed E-state index contributed by atoms with van der Waals surface area (Å²) in [5.41, 5.74) is 14.9. The van der Waals surface area contributed by atoms with Gasteiger partial charge < -0.3 is 118 Å². The molecule has 0 bridgehead atoms. The highest BCUT2D eigenvalue weighted by Gasteiger charge is 2.46. The number of amides is 14. The lowest BCUT2D eigenvalue weighted by Crippen LogP contribution is -2.58. The number of quaternary nitrogens is 2. The quantitative estimate of drug-likeness (QED) is 0.0241. The molecule has 0 aliphatic carbocycles. The van der Waals surface area contributed by atoms with Gasteiger partial charge in [0.15, 0.2) is 0 Å². The van der Waals surface area contributed by atoms with Crippen molar-refractivity contribution in [1.29, 1.82) is 0 Å². The molecule has 0 saturated carbocycles. The number of fused-ring (bicyclic) bond motifs is 4. The predicted octanol–water partition coefficient (Wildman–Crippen LogP) is -1.53. The van der Waals surface area contributed by atoms with Crippen molar-refractivity contribution in [2.24, 2.45) is 11.5 Å². The zero-order valence-corrected chi connectivity index (χ0v) is 72.0. The molecule has 9 rings (SSSR count). The molecule has 0 spiro atoms. The highest BCUT2D eigenvalue weighted by Crippen LogP contribution is 2.30. The van der Waals surface area contributed by atoms with Crippen molar-refractivity contribution in [3.05, 3.63) is 72.1 Å². The molecule has 43 heteroatoms. The Hall–Kier alpha value is -9.76. The van der Waals surface area contributed by atoms with E-state index >= 15 is 0 Å². The average Bonchev–Trinajstić information content (AvgIpc) is 1.66. The van der Waals surface area contributed by atoms with E-state index in [1.165, 1.54) is 66.8 Å². The fourth-order valence-corrected chi connectivity index (χ4v) is 18.6. The van der Waals surface area contributed by atoms with Crippen LogP contribution in [-0.4, -0.2) is 323 Å². The number of carbonyl (C=O) groups is 16. The van der Waals surface area contributed by atoms with Gasteiger partial charge in [-0.25, -0.2) is 0 Å². The number of primary amides is 2. The molecular weight excluding hydrogens is 1650 g/mol. The van der Waals surface area contributed by atoms with Gasteiger partial charge >= 0.3 is 11.9 Å². The summed E-state index contributed by atoms with van der Waals surface area (Å²) in [6, 6.07) is 2.82. The Kier molecular flexibility index (Phi) is 37.6. The lowest BCUT2D eigenvalue weighted by Gasteiger charge is -2.37. The van der Waals surface area contributed by atoms with Gasteiger partial charge in [0.1, 0.15) is 73.5 Å². The standard InChI is InChI=1S/C40H57N9O11S2.C38H55N9O10S2/c1-24-40(58)48-21-26(60-22-25-19-42-28-8-4-3-7-27(25)28)17-32(48)39(57)47-31(36(41)54)23-62-61-16-10-33(50)45-29(9-5-6-11-49(2)12-14-59-15-13-49)37(55)43-20-34(51)46-30(18-35(52)53)38(56)44-24;1-22-38(56)46-19-24(57-20-23-17-40-26-10-6-5-9-25(23)26)15-30(46)37(55)45-29(34(39)52)21-59-58-14-12-31(48)43-27(11-7-8-13-47(2,3)4)35(53)41-18-32(49)44-28(16-33(50)51)36(54)42-22/h3-4,7-8,19,24,26,29-32,42H,5-6,9-18,20-23H2,1-2H3,(H7-,41,43,44,45,46,47,50,51,52,53,54,55,56,57);5-6,9-10,17,22,24,27-30,40H,7-8,11-16,18-21H2,1-4H3,(H7-,39,41,42,43,44,45,48,49,50,51,52,53,54,55)/p+2. The number of carboxylic acids is 2. The first-order chi connectivity index (χ1) is 57.5. The van der Waals surface area contributed by atoms with E-state index in [1.807, 2.05) is 82.1 Å². The van der Waals surface area contributed by atoms with Crippen LogP contribution >= 0.6 is 43.2 Å². The summed E-state index contributed by atoms with van der Waals surface area (Å²) in [6.07, 6.45) is 4.05. The fourth-order valence-electron chi connectivity index (χ4n) is 14.2. The zero-order valence-electron chi connectivity index (χ0n) is 68.7. The number of hydrogen-bond acceptors (Lipinski definition) is 23. The number of nitrogens with one attached hydrogen (secondary N) is 12. The van der Waals surface area contributed by atoms with Gasteiger partial charge in [-0.1, -0.05) is 79.6 Å². The number of nitrogens with two attached hydrogens (primary N) is 2. The number of ether oxygens (including phenoxy) is 3. The molecule has 121 heavy (non-hydrogen) atoms. The lowest BCUT2D eigenvalue weighted by atomic mass is 10.1. The van der Waals surface area contributed by atoms with E-state index in [4.69, 9.17) is 25.7 Å². The summed E-state index contributed by atoms with van der Waals surface area (Å²) in [4.78, 5) is 219. The molecule has 2 aromatic carbocycles. The van der Waals surface area contributed by atoms with Crippen LogP contribution in [0.25, 0.3) is 21.8 Å². The minimum atomic E-state index is -1.65. The average molecular weight is 1770 g/mol. The number of hydrogen-bond donors (Lipinski definition) is 16. The third kappa shape index (κ3) is 31.0. The number of unbranched alkanes of at least 4 members (excludes halogenated alkanes) is 2. The number of aromatic amines is 2. The smallest absolute Gasteiger partial charge is 0.305 e. The van der Waals surface area contributed by atoms with Crippen molar-refractivity contribution >= 4 is 160 Å². The van der Waals surface area contributed by atoms with Crippen molar-refractivity contribution in [2.45, 2.75) is 177 Å². The number of para-hydroxylation sites is 2. The Balaban J connectivity index is 0.000000301. The molecule has 12 atom stereocenters. The Bertz CT molecular complexity index is 4330. The highest BCUT2D eigenvalue weighted by atomic mass is 33.1. The third-order valence-electron chi connectivity index (χ3n) is 21.0. The second-order valence-corrected chi connectivity index (χ2v) is 36.9. The molecule has 18 N–H and O–H groups in total. The maximum absolute atomic E-state index is 14.0. The summed E-state index contributed by atoms with van der Waals surface area (Å²) in [6.45, 7) is 6.41. The molecule has 4 aromatic rings. The van der Waals surface area contributed by atoms with Crippen LogP contribution in [0.1, 0.15) is 102 Å². The second-order valence-electron chi connectivity index (χ2n) is 31.7. The van der Waals surface area contributed by atoms with Gasteiger partial charge in [-0.15, -0.1) is 0 Å². The first-order valence-corrected chi connectivity index (χ1v) is 45.1. The molecular formula is C78H114N18O21S4+2. The largest absolute Gasteiger partial charge is 0.481 e. The van der Waals surface area contributed by atoms with Gasteiger partial charge in [-0.2, -0.15) is 0 Å². The summed E-state index contributed by atoms with van der Waals surface area (Å²) < 4.78 is 19.4. The number of aliphatic carboxylic acids is 2. The van der Waals surface area contributed by atoms with E-state index < -0.39 is 193 Å². The fraction of sp³-hybridized carbons (Fsp3) is 0.590. The number of rotatable bonds is 22. The van der Waals surface area contributed by atoms with E-state index in [0.29, 0.717) is 36.3 Å². The number of carbonyl (C=O) groups excluding carboxylic acids is 14. The first kappa shape index (κ1) is 96.7. The van der Waals surface area contributed by atoms with E-state index in [2.05, 4.69) is 70.2 Å². The van der Waals surface area contributed by atoms with Crippen LogP contribution in [0.2, 0.25) is 0 Å². The summed E-state index contributed by atoms with van der Waals surface area (Å²) in [5, 5.41) is 46.4. The van der Waals surface area contributed by atoms with Crippen molar-refractivity contribution in [1.82, 2.24) is 72.9 Å². The Morgan fingerprint density at radius 2 is 0.926 bits per heavy atom. The van der Waals surface area contributed by atoms with Gasteiger partial charge in [-0.3, -0.25) is 76.7 Å². The maximum Gasteiger partial charge on any atom is 0.305 e. The van der Waals surface area contributed by atoms with E-state index in [-0.39, 0.29) is 82.1 Å². The van der Waals surface area contributed by atoms with Crippen LogP contribution in [-0.2, 0) is 104 Å². The minimum Gasteiger partial charge on any atom is -0.481 e. The normalized spacial score (nSPS) is 25.7. The van der Waals surface area contributed by atoms with Gasteiger partial charge in [-0.05, 0) is 64.5 Å². The molecule has 14 amide bonds. The lowest BCUT2D eigenvalue weighted by molar-refractivity contribution is -0.917. The predicted molar refractivity (Wildman–Crippen MR) is 451 cm³/mol. The van der Waals surface area contributed by atoms with Crippen LogP contribution in [0.5, 0.6) is 0 Å². The van der Waals surface area contributed by atoms with Crippen LogP contribution in [0.15, 0.2) is 60.9 Å². The zero-order chi connectivity index (χ0) is 88.1. The van der Waals surface area contributed by atoms with Gasteiger partial charge in [0, 0.05) is 107 Å². The molecule has 5 saturated heterocycles. The molecule has 39 nitrogen and oxygen atoms in total. The highest BCUT2D eigenvalue weighted by molar-refractivity contribution is 8.77. The molecule has 7 heterocycles. The molecule has 664 valence electrons. The number of H-pyrrole nitrogens is 2. The van der Waals surface area contributed by atoms with Crippen molar-refractivity contribution < 1.29 is 110 Å². The SMILES string of the molecule is CC1NC(=O)C(CC(=O)O)NC(=O)CNC(=O)C(CCCC[N+](C)(C)C)NC(=O)CCSSCC(C(N)=O)NC(=O)C2CC(OCc3c[nH]c4ccccc34)CN2C1=O.CC1NC(=O)C(CC(=O)O)NC(=O)CNC(=O)C(CCCC[N+]2(C)CCOCC2)NC(=O)CCSSCC(C(N)=O)NC(=O)C2CC(OCc3c[nH]c4ccccc34)CN2C1=O. The number of likely N-dealkylation sites (N-methyl/N-ethyl adjacent to an activating group) is 1. The second kappa shape index (κ2) is 47.0. The van der Waals surface area contributed by atoms with Crippen LogP contribution in [0.4, 0.5) is 0 Å². The Morgan fingerprint density at radius 3 is 1.33 bits per heavy atom. The monoisotopic (exact) mass is 1770 g/mol. The molecule has 5 aliphatic heterocycles. The van der Waals surface area contributed by atoms with Crippen LogP contribution in [0, 0.1) is 0 Å². The molecule has 5 fully saturated rings. The van der Waals surface area contributed by atoms with Gasteiger partial charge in [0.25, 0.3) is 0 Å². The number of benzene rings is 2. The number of carboxylic acid groups (broad SMARTS) is 2. The number of morpholine rings is 1. The summed E-state index contributed by atoms with van der Waals surface area (Å²) >= 11 is 0. The topological polar surface area (TPSA) is 552 Å². The summed E-state index contributed by atoms with van der Waals surface area (Å²) in [7, 11) is 13.2. The summed E-state index contributed by atoms with van der Waals surface area (Å²) in [5.74, 6) is -12.4. The number of nitrogens with zero attached hydrogens (tertiary/aromatic N) is 4. The van der Waals surface area contributed by atoms with Crippen LogP contribution < -0.4 is 64.6 Å². The van der Waals surface area contributed by atoms with E-state index in [0.717, 1.165) is 76.4 Å². The molecule has 2 aromatic heterocycles. The number of aromatic nitrogens is 2. The molecule has 12 unspecified atom stereocenters. The van der Waals surface area contributed by atoms with E-state index in [9.17, 15) is 86.9 Å². The third-order valence-corrected chi connectivity index (χ3v) is 25.8. The van der Waals surface area contributed by atoms with Crippen LogP contribution in [0.3, 0.4) is 0 Å². The van der Waals surface area contributed by atoms with Crippen molar-refractivity contribution in [3.8, 4) is 0 Å². The Labute approximate surface area is 715 Å². The van der Waals surface area contributed by atoms with Crippen molar-refractivity contribution in [2.75, 3.05) is 117 Å². The van der Waals surface area contributed by atoms with Gasteiger partial charge in [0.2, 0.25) is 82.7 Å². The minimum absolute atomic E-state index is 0.00768. The molecule has 0 radical (unpaired) electrons.